The van der Waals surface area contributed by atoms with Crippen LogP contribution in [-0.2, 0) is 4.79 Å². The number of amides is 1. The number of hydrogen-bond acceptors (Lipinski definition) is 8. The Morgan fingerprint density at radius 2 is 1.94 bits per heavy atom. The zero-order chi connectivity index (χ0) is 22.8. The first-order chi connectivity index (χ1) is 16.1. The molecule has 3 heterocycles. The average molecular weight is 461 g/mol. The van der Waals surface area contributed by atoms with E-state index in [9.17, 15) is 9.90 Å². The largest absolute Gasteiger partial charge is 0.508 e. The van der Waals surface area contributed by atoms with Crippen molar-refractivity contribution >= 4 is 23.4 Å². The zero-order valence-corrected chi connectivity index (χ0v) is 18.5. The summed E-state index contributed by atoms with van der Waals surface area (Å²) in [5.41, 5.74) is 3.66. The Bertz CT molecular complexity index is 1280. The van der Waals surface area contributed by atoms with Crippen molar-refractivity contribution in [1.29, 1.82) is 0 Å². The van der Waals surface area contributed by atoms with E-state index in [2.05, 4.69) is 20.6 Å². The first-order valence-electron chi connectivity index (χ1n) is 10.3. The zero-order valence-electron chi connectivity index (χ0n) is 17.7. The van der Waals surface area contributed by atoms with Crippen molar-refractivity contribution in [2.24, 2.45) is 5.10 Å². The molecule has 1 amide bonds. The number of rotatable bonds is 6. The summed E-state index contributed by atoms with van der Waals surface area (Å²) in [7, 11) is 0. The third kappa shape index (κ3) is 4.37. The predicted octanol–water partition coefficient (Wildman–Crippen LogP) is 3.74. The van der Waals surface area contributed by atoms with Gasteiger partial charge in [0, 0.05) is 6.42 Å². The summed E-state index contributed by atoms with van der Waals surface area (Å²) in [6, 6.07) is 18.0. The lowest BCUT2D eigenvalue weighted by Crippen LogP contribution is -2.28. The Balaban J connectivity index is 1.36. The van der Waals surface area contributed by atoms with Gasteiger partial charge in [0.05, 0.1) is 23.4 Å². The van der Waals surface area contributed by atoms with E-state index in [0.29, 0.717) is 23.0 Å². The predicted molar refractivity (Wildman–Crippen MR) is 122 cm³/mol. The lowest BCUT2D eigenvalue weighted by atomic mass is 10.0. The monoisotopic (exact) mass is 460 g/mol. The van der Waals surface area contributed by atoms with Crippen molar-refractivity contribution in [2.45, 2.75) is 24.5 Å². The van der Waals surface area contributed by atoms with Gasteiger partial charge >= 0.3 is 0 Å². The average Bonchev–Trinajstić information content (AvgIpc) is 3.59. The minimum Gasteiger partial charge on any atom is -0.508 e. The number of tetrazole rings is 1. The maximum Gasteiger partial charge on any atom is 0.253 e. The number of hydrogen-bond donors (Lipinski definition) is 1. The molecule has 1 atom stereocenters. The molecule has 1 aliphatic heterocycles. The van der Waals surface area contributed by atoms with Crippen molar-refractivity contribution in [3.05, 3.63) is 83.8 Å². The van der Waals surface area contributed by atoms with Gasteiger partial charge in [0.15, 0.2) is 0 Å². The minimum atomic E-state index is -0.308. The molecular formula is C23H20N6O3S. The Morgan fingerprint density at radius 1 is 1.15 bits per heavy atom. The second-order valence-corrected chi connectivity index (χ2v) is 8.51. The van der Waals surface area contributed by atoms with Gasteiger partial charge in [-0.3, -0.25) is 4.79 Å². The Morgan fingerprint density at radius 3 is 2.67 bits per heavy atom. The van der Waals surface area contributed by atoms with Gasteiger partial charge in [0.1, 0.15) is 17.6 Å². The summed E-state index contributed by atoms with van der Waals surface area (Å²) in [5, 5.41) is 27.9. The van der Waals surface area contributed by atoms with E-state index in [0.717, 1.165) is 16.8 Å². The maximum absolute atomic E-state index is 13.2. The SMILES string of the molecule is Cc1ccc(C2=NN(C(=O)CSc3nnnn3-c3ccc(O)cc3)[C@H](c3ccco3)C2)cc1. The van der Waals surface area contributed by atoms with Crippen LogP contribution in [0.15, 0.2) is 81.6 Å². The first-order valence-corrected chi connectivity index (χ1v) is 11.3. The number of carbonyl (C=O) groups is 1. The molecular weight excluding hydrogens is 440 g/mol. The Labute approximate surface area is 193 Å². The number of carbonyl (C=O) groups excluding carboxylic acids is 1. The molecule has 1 N–H and O–H groups in total. The number of aromatic nitrogens is 4. The molecule has 0 aliphatic carbocycles. The normalized spacial score (nSPS) is 15.6. The molecule has 10 heteroatoms. The van der Waals surface area contributed by atoms with Gasteiger partial charge in [-0.05, 0) is 59.3 Å². The number of nitrogens with zero attached hydrogens (tertiary/aromatic N) is 6. The molecule has 0 bridgehead atoms. The second-order valence-electron chi connectivity index (χ2n) is 7.56. The summed E-state index contributed by atoms with van der Waals surface area (Å²) < 4.78 is 7.13. The van der Waals surface area contributed by atoms with Crippen molar-refractivity contribution < 1.29 is 14.3 Å². The third-order valence-electron chi connectivity index (χ3n) is 5.28. The van der Waals surface area contributed by atoms with E-state index >= 15 is 0 Å². The van der Waals surface area contributed by atoms with Crippen molar-refractivity contribution in [1.82, 2.24) is 25.2 Å². The lowest BCUT2D eigenvalue weighted by molar-refractivity contribution is -0.130. The first kappa shape index (κ1) is 21.0. The van der Waals surface area contributed by atoms with E-state index < -0.39 is 0 Å². The van der Waals surface area contributed by atoms with Gasteiger partial charge in [0.25, 0.3) is 5.91 Å². The molecule has 4 aromatic rings. The molecule has 1 aliphatic rings. The highest BCUT2D eigenvalue weighted by atomic mass is 32.2. The fourth-order valence-electron chi connectivity index (χ4n) is 3.58. The number of aromatic hydroxyl groups is 1. The van der Waals surface area contributed by atoms with Gasteiger partial charge in [-0.1, -0.05) is 41.6 Å². The molecule has 33 heavy (non-hydrogen) atoms. The summed E-state index contributed by atoms with van der Waals surface area (Å²) in [6.45, 7) is 2.03. The topological polar surface area (TPSA) is 110 Å². The van der Waals surface area contributed by atoms with E-state index in [1.165, 1.54) is 21.5 Å². The number of aryl methyl sites for hydroxylation is 1. The quantitative estimate of drug-likeness (QED) is 0.437. The van der Waals surface area contributed by atoms with Gasteiger partial charge in [-0.2, -0.15) is 9.78 Å². The van der Waals surface area contributed by atoms with Crippen LogP contribution in [0, 0.1) is 6.92 Å². The Hall–Kier alpha value is -3.92. The van der Waals surface area contributed by atoms with Crippen LogP contribution in [0.2, 0.25) is 0 Å². The van der Waals surface area contributed by atoms with Crippen molar-refractivity contribution in [3.63, 3.8) is 0 Å². The number of furan rings is 1. The van der Waals surface area contributed by atoms with Crippen LogP contribution in [0.3, 0.4) is 0 Å². The molecule has 2 aromatic heterocycles. The van der Waals surface area contributed by atoms with Crippen LogP contribution in [0.5, 0.6) is 5.75 Å². The molecule has 0 radical (unpaired) electrons. The van der Waals surface area contributed by atoms with Crippen molar-refractivity contribution in [2.75, 3.05) is 5.75 Å². The van der Waals surface area contributed by atoms with E-state index in [4.69, 9.17) is 4.42 Å². The summed E-state index contributed by atoms with van der Waals surface area (Å²) >= 11 is 1.22. The number of phenols is 1. The molecule has 2 aromatic carbocycles. The van der Waals surface area contributed by atoms with Gasteiger partial charge < -0.3 is 9.52 Å². The maximum atomic E-state index is 13.2. The molecule has 0 fully saturated rings. The molecule has 5 rings (SSSR count). The van der Waals surface area contributed by atoms with Crippen LogP contribution in [0.4, 0.5) is 0 Å². The lowest BCUT2D eigenvalue weighted by Gasteiger charge is -2.19. The highest BCUT2D eigenvalue weighted by Gasteiger charge is 2.35. The summed E-state index contributed by atoms with van der Waals surface area (Å²) in [6.07, 6.45) is 2.17. The molecule has 0 unspecified atom stereocenters. The van der Waals surface area contributed by atoms with E-state index in [1.54, 1.807) is 30.5 Å². The number of hydrazone groups is 1. The number of thioether (sulfide) groups is 1. The summed E-state index contributed by atoms with van der Waals surface area (Å²) in [4.78, 5) is 13.2. The molecule has 0 saturated heterocycles. The van der Waals surface area contributed by atoms with Gasteiger partial charge in [0.2, 0.25) is 5.16 Å². The second kappa shape index (κ2) is 8.91. The highest BCUT2D eigenvalue weighted by molar-refractivity contribution is 7.99. The van der Waals surface area contributed by atoms with Crippen LogP contribution in [0.25, 0.3) is 5.69 Å². The van der Waals surface area contributed by atoms with Crippen LogP contribution >= 0.6 is 11.8 Å². The van der Waals surface area contributed by atoms with E-state index in [1.807, 2.05) is 43.3 Å². The summed E-state index contributed by atoms with van der Waals surface area (Å²) in [5.74, 6) is 0.758. The standard InChI is InChI=1S/C23H20N6O3S/c1-15-4-6-16(7-5-15)19-13-20(21-3-2-12-32-21)29(25-19)22(31)14-33-23-24-26-27-28(23)17-8-10-18(30)11-9-17/h2-12,20,30H,13-14H2,1H3/t20-/m0/s1. The fourth-order valence-corrected chi connectivity index (χ4v) is 4.32. The highest BCUT2D eigenvalue weighted by Crippen LogP contribution is 2.34. The third-order valence-corrected chi connectivity index (χ3v) is 6.19. The molecule has 166 valence electrons. The molecule has 0 saturated carbocycles. The van der Waals surface area contributed by atoms with Crippen LogP contribution in [0.1, 0.15) is 29.3 Å². The van der Waals surface area contributed by atoms with Crippen LogP contribution < -0.4 is 0 Å². The fraction of sp³-hybridized carbons (Fsp3) is 0.174. The van der Waals surface area contributed by atoms with Crippen LogP contribution in [-0.4, -0.2) is 47.7 Å². The number of phenolic OH excluding ortho intramolecular Hbond substituents is 1. The Kier molecular flexibility index (Phi) is 5.66. The van der Waals surface area contributed by atoms with Gasteiger partial charge in [-0.15, -0.1) is 5.10 Å². The van der Waals surface area contributed by atoms with Gasteiger partial charge in [-0.25, -0.2) is 5.01 Å². The molecule has 0 spiro atoms. The number of benzene rings is 2. The molecule has 9 nitrogen and oxygen atoms in total. The van der Waals surface area contributed by atoms with Crippen molar-refractivity contribution in [3.8, 4) is 11.4 Å². The minimum absolute atomic E-state index is 0.0976. The van der Waals surface area contributed by atoms with E-state index in [-0.39, 0.29) is 23.5 Å². The smallest absolute Gasteiger partial charge is 0.253 e.